The number of nitrogens with one attached hydrogen (secondary N) is 1. The van der Waals surface area contributed by atoms with Crippen LogP contribution in [0, 0.1) is 0 Å². The summed E-state index contributed by atoms with van der Waals surface area (Å²) < 4.78 is 2.15. The maximum Gasteiger partial charge on any atom is 0.266 e. The summed E-state index contributed by atoms with van der Waals surface area (Å²) in [5.74, 6) is 0.564. The number of nitrogens with zero attached hydrogens (tertiary/aromatic N) is 3. The predicted octanol–water partition coefficient (Wildman–Crippen LogP) is 1.32. The predicted molar refractivity (Wildman–Crippen MR) is 109 cm³/mol. The molecule has 0 bridgehead atoms. The van der Waals surface area contributed by atoms with E-state index >= 15 is 0 Å². The highest BCUT2D eigenvalue weighted by Crippen LogP contribution is 2.32. The Kier molecular flexibility index (Phi) is 7.07. The molecule has 1 atom stereocenters. The highest BCUT2D eigenvalue weighted by molar-refractivity contribution is 8.27. The van der Waals surface area contributed by atoms with Gasteiger partial charge in [-0.1, -0.05) is 23.4 Å². The SMILES string of the molecule is CSC(=O)NBC1CCCc2c(nnn2CBBSC2CC2)CC1. The zero-order valence-corrected chi connectivity index (χ0v) is 16.1. The van der Waals surface area contributed by atoms with Crippen LogP contribution in [0.25, 0.3) is 0 Å². The lowest BCUT2D eigenvalue weighted by molar-refractivity contribution is 0.264. The van der Waals surface area contributed by atoms with E-state index in [9.17, 15) is 4.79 Å². The highest BCUT2D eigenvalue weighted by atomic mass is 32.2. The maximum absolute atomic E-state index is 11.4. The molecule has 2 aliphatic carbocycles. The molecule has 2 aliphatic rings. The molecule has 3 rings (SSSR count). The summed E-state index contributed by atoms with van der Waals surface area (Å²) >= 11 is 3.37. The third kappa shape index (κ3) is 5.51. The Balaban J connectivity index is 1.46. The number of hydrogen-bond donors (Lipinski definition) is 1. The number of rotatable bonds is 7. The molecule has 128 valence electrons. The average Bonchev–Trinajstić information content (AvgIpc) is 3.33. The van der Waals surface area contributed by atoms with Gasteiger partial charge in [0.1, 0.15) is 7.17 Å². The number of amides is 1. The Hall–Kier alpha value is -0.495. The largest absolute Gasteiger partial charge is 0.393 e. The van der Waals surface area contributed by atoms with E-state index in [0.717, 1.165) is 44.8 Å². The normalized spacial score (nSPS) is 20.5. The van der Waals surface area contributed by atoms with E-state index in [0.29, 0.717) is 5.82 Å². The van der Waals surface area contributed by atoms with E-state index in [-0.39, 0.29) is 5.24 Å². The zero-order valence-electron chi connectivity index (χ0n) is 14.5. The number of carbonyl (C=O) groups excluding carboxylic acids is 1. The molecule has 5 nitrogen and oxygen atoms in total. The molecule has 0 spiro atoms. The van der Waals surface area contributed by atoms with Crippen molar-refractivity contribution >= 4 is 49.6 Å². The van der Waals surface area contributed by atoms with Crippen LogP contribution >= 0.6 is 23.4 Å². The monoisotopic (exact) mass is 362 g/mol. The summed E-state index contributed by atoms with van der Waals surface area (Å²) in [5.41, 5.74) is 2.55. The number of aromatic nitrogens is 3. The first-order valence-corrected chi connectivity index (χ1v) is 11.4. The lowest BCUT2D eigenvalue weighted by Gasteiger charge is -2.19. The molecule has 10 heteroatoms. The second kappa shape index (κ2) is 9.27. The van der Waals surface area contributed by atoms with Gasteiger partial charge >= 0.3 is 0 Å². The molecule has 0 aliphatic heterocycles. The molecule has 1 fully saturated rings. The molecule has 1 heterocycles. The van der Waals surface area contributed by atoms with E-state index in [4.69, 9.17) is 0 Å². The second-order valence-corrected chi connectivity index (χ2v) is 8.99. The van der Waals surface area contributed by atoms with Gasteiger partial charge in [0.25, 0.3) is 5.24 Å². The van der Waals surface area contributed by atoms with Crippen LogP contribution in [0.15, 0.2) is 0 Å². The van der Waals surface area contributed by atoms with Crippen LogP contribution in [0.4, 0.5) is 4.79 Å². The van der Waals surface area contributed by atoms with Gasteiger partial charge in [0, 0.05) is 6.44 Å². The molecule has 1 amide bonds. The fourth-order valence-corrected chi connectivity index (χ4v) is 4.59. The van der Waals surface area contributed by atoms with Gasteiger partial charge in [-0.05, 0) is 55.8 Å². The summed E-state index contributed by atoms with van der Waals surface area (Å²) in [6.07, 6.45) is 12.4. The fraction of sp³-hybridized carbons (Fsp3) is 0.786. The quantitative estimate of drug-likeness (QED) is 0.586. The first-order chi connectivity index (χ1) is 11.8. The van der Waals surface area contributed by atoms with Gasteiger partial charge in [0.05, 0.1) is 11.4 Å². The highest BCUT2D eigenvalue weighted by Gasteiger charge is 2.22. The van der Waals surface area contributed by atoms with Gasteiger partial charge in [-0.25, -0.2) is 11.6 Å². The van der Waals surface area contributed by atoms with E-state index in [1.807, 2.05) is 6.26 Å². The van der Waals surface area contributed by atoms with Crippen molar-refractivity contribution in [2.45, 2.75) is 62.5 Å². The Morgan fingerprint density at radius 3 is 3.00 bits per heavy atom. The van der Waals surface area contributed by atoms with Crippen molar-refractivity contribution in [3.05, 3.63) is 11.4 Å². The van der Waals surface area contributed by atoms with Gasteiger partial charge in [-0.15, -0.1) is 5.10 Å². The molecule has 1 aromatic rings. The van der Waals surface area contributed by atoms with Crippen molar-refractivity contribution in [3.8, 4) is 0 Å². The standard InChI is InChI=1S/C14H25B3N4OS2/c1-23-14(22)18-16-10-3-2-4-13-12(8-5-10)19-20-21(13)9-15-17-24-11-6-7-11/h10-11,15-17H,2-9H2,1H3,(H,18,22). The first-order valence-electron chi connectivity index (χ1n) is 9.11. The van der Waals surface area contributed by atoms with Gasteiger partial charge in [0.15, 0.2) is 6.45 Å². The summed E-state index contributed by atoms with van der Waals surface area (Å²) in [5, 5.41) is 12.9. The van der Waals surface area contributed by atoms with E-state index in [2.05, 4.69) is 31.8 Å². The second-order valence-electron chi connectivity index (χ2n) is 6.80. The van der Waals surface area contributed by atoms with Crippen LogP contribution in [0.1, 0.15) is 43.5 Å². The van der Waals surface area contributed by atoms with Crippen molar-refractivity contribution in [1.29, 1.82) is 0 Å². The van der Waals surface area contributed by atoms with Crippen molar-refractivity contribution < 1.29 is 4.79 Å². The minimum atomic E-state index is 0.0766. The van der Waals surface area contributed by atoms with Crippen LogP contribution in [0.2, 0.25) is 5.82 Å². The summed E-state index contributed by atoms with van der Waals surface area (Å²) in [6.45, 7) is 0. The number of fused-ring (bicyclic) bond motifs is 1. The van der Waals surface area contributed by atoms with Crippen molar-refractivity contribution in [2.75, 3.05) is 6.26 Å². The van der Waals surface area contributed by atoms with Crippen molar-refractivity contribution in [3.63, 3.8) is 0 Å². The topological polar surface area (TPSA) is 59.8 Å². The maximum atomic E-state index is 11.4. The molecule has 0 saturated heterocycles. The number of carbonyl (C=O) groups is 1. The van der Waals surface area contributed by atoms with Crippen molar-refractivity contribution in [2.24, 2.45) is 0 Å². The fourth-order valence-electron chi connectivity index (χ4n) is 3.26. The Bertz CT molecular complexity index is 556. The summed E-state index contributed by atoms with van der Waals surface area (Å²) in [6, 6.07) is 0. The van der Waals surface area contributed by atoms with Gasteiger partial charge < -0.3 is 5.23 Å². The molecule has 0 aromatic carbocycles. The third-order valence-electron chi connectivity index (χ3n) is 4.85. The van der Waals surface area contributed by atoms with Crippen LogP contribution in [0.5, 0.6) is 0 Å². The van der Waals surface area contributed by atoms with Crippen LogP contribution in [-0.2, 0) is 19.3 Å². The Morgan fingerprint density at radius 1 is 1.33 bits per heavy atom. The molecule has 1 saturated carbocycles. The number of hydrogen-bond acceptors (Lipinski definition) is 5. The Morgan fingerprint density at radius 2 is 2.21 bits per heavy atom. The molecule has 1 N–H and O–H groups in total. The smallest absolute Gasteiger partial charge is 0.266 e. The van der Waals surface area contributed by atoms with Gasteiger partial charge in [-0.2, -0.15) is 0 Å². The van der Waals surface area contributed by atoms with E-state index in [1.165, 1.54) is 56.0 Å². The molecule has 1 unspecified atom stereocenters. The molecular formula is C14H25B3N4OS2. The van der Waals surface area contributed by atoms with E-state index in [1.54, 1.807) is 0 Å². The third-order valence-corrected chi connectivity index (χ3v) is 6.83. The zero-order chi connectivity index (χ0) is 16.8. The lowest BCUT2D eigenvalue weighted by Crippen LogP contribution is -2.28. The van der Waals surface area contributed by atoms with Crippen LogP contribution < -0.4 is 5.23 Å². The summed E-state index contributed by atoms with van der Waals surface area (Å²) in [4.78, 5) is 11.4. The molecular weight excluding hydrogens is 337 g/mol. The first kappa shape index (κ1) is 18.3. The van der Waals surface area contributed by atoms with E-state index < -0.39 is 0 Å². The van der Waals surface area contributed by atoms with Gasteiger partial charge in [0.2, 0.25) is 7.41 Å². The molecule has 1 aromatic heterocycles. The van der Waals surface area contributed by atoms with Gasteiger partial charge in [-0.3, -0.25) is 9.48 Å². The van der Waals surface area contributed by atoms with Crippen LogP contribution in [-0.4, -0.2) is 52.8 Å². The summed E-state index contributed by atoms with van der Waals surface area (Å²) in [7, 11) is 1.99. The minimum absolute atomic E-state index is 0.0766. The number of aryl methyl sites for hydroxylation is 1. The lowest BCUT2D eigenvalue weighted by atomic mass is 9.54. The van der Waals surface area contributed by atoms with Crippen molar-refractivity contribution in [1.82, 2.24) is 20.2 Å². The molecule has 24 heavy (non-hydrogen) atoms. The average molecular weight is 362 g/mol. The van der Waals surface area contributed by atoms with Crippen LogP contribution in [0.3, 0.4) is 0 Å². The number of thioether (sulfide) groups is 1. The Labute approximate surface area is 154 Å². The molecule has 0 radical (unpaired) electrons. The minimum Gasteiger partial charge on any atom is -0.393 e.